The van der Waals surface area contributed by atoms with E-state index in [9.17, 15) is 0 Å². The lowest BCUT2D eigenvalue weighted by Crippen LogP contribution is -2.07. The van der Waals surface area contributed by atoms with Crippen LogP contribution >= 0.6 is 31.9 Å². The van der Waals surface area contributed by atoms with Gasteiger partial charge in [0.2, 0.25) is 11.5 Å². The highest BCUT2D eigenvalue weighted by molar-refractivity contribution is 9.11. The van der Waals surface area contributed by atoms with Crippen molar-refractivity contribution in [2.75, 3.05) is 39.6 Å². The Kier molecular flexibility index (Phi) is 49.0. The molecule has 0 aliphatic carbocycles. The van der Waals surface area contributed by atoms with Crippen LogP contribution in [0.1, 0.15) is 411 Å². The summed E-state index contributed by atoms with van der Waals surface area (Å²) in [6.45, 7) is 17.4. The third kappa shape index (κ3) is 34.9. The average molecular weight is 1640 g/mol. The van der Waals surface area contributed by atoms with Crippen LogP contribution in [0.2, 0.25) is 0 Å². The molecule has 2 N–H and O–H groups in total. The van der Waals surface area contributed by atoms with Crippen LogP contribution in [0.4, 0.5) is 0 Å². The van der Waals surface area contributed by atoms with E-state index in [0.717, 1.165) is 176 Å². The van der Waals surface area contributed by atoms with Gasteiger partial charge in [0, 0.05) is 22.2 Å². The molecule has 110 heavy (non-hydrogen) atoms. The quantitative estimate of drug-likeness (QED) is 0.0363. The fraction of sp³-hybridized carbons (Fsp3) is 0.673. The number of benzene rings is 2. The number of rotatable bonds is 68. The van der Waals surface area contributed by atoms with Gasteiger partial charge < -0.3 is 38.4 Å². The van der Waals surface area contributed by atoms with Crippen LogP contribution in [-0.4, -0.2) is 59.6 Å². The van der Waals surface area contributed by atoms with Crippen LogP contribution in [0.15, 0.2) is 57.5 Å². The Hall–Kier alpha value is -5.20. The van der Waals surface area contributed by atoms with Gasteiger partial charge in [0.1, 0.15) is 0 Å². The maximum Gasteiger partial charge on any atom is 0.203 e. The molecule has 5 heterocycles. The summed E-state index contributed by atoms with van der Waals surface area (Å²) in [5, 5.41) is 0. The summed E-state index contributed by atoms with van der Waals surface area (Å²) >= 11 is 8.31. The third-order valence-electron chi connectivity index (χ3n) is 22.3. The zero-order valence-corrected chi connectivity index (χ0v) is 73.6. The zero-order valence-electron chi connectivity index (χ0n) is 70.5. The predicted octanol–water partition coefficient (Wildman–Crippen LogP) is 33.0. The summed E-state index contributed by atoms with van der Waals surface area (Å²) in [4.78, 5) is 18.9. The van der Waals surface area contributed by atoms with E-state index in [4.69, 9.17) is 38.4 Å². The number of hydrogen-bond donors (Lipinski definition) is 2. The number of halogens is 2. The minimum Gasteiger partial charge on any atom is -0.490 e. The first kappa shape index (κ1) is 92.0. The number of aromatic nitrogens is 4. The van der Waals surface area contributed by atoms with Crippen LogP contribution in [0.3, 0.4) is 0 Å². The van der Waals surface area contributed by atoms with E-state index in [0.29, 0.717) is 51.1 Å². The summed E-state index contributed by atoms with van der Waals surface area (Å²) in [6, 6.07) is 17.5. The highest BCUT2D eigenvalue weighted by Crippen LogP contribution is 2.47. The number of aromatic amines is 2. The van der Waals surface area contributed by atoms with Gasteiger partial charge in [-0.3, -0.25) is 0 Å². The van der Waals surface area contributed by atoms with Gasteiger partial charge in [-0.15, -0.1) is 0 Å². The van der Waals surface area contributed by atoms with Gasteiger partial charge in [0.15, 0.2) is 23.0 Å². The maximum atomic E-state index is 7.03. The molecule has 0 atom stereocenters. The lowest BCUT2D eigenvalue weighted by Gasteiger charge is -2.19. The molecule has 5 aromatic rings. The molecule has 0 amide bonds. The molecule has 614 valence electrons. The molecular formula is C98H152Br2N4O6. The van der Waals surface area contributed by atoms with Crippen LogP contribution < -0.4 is 28.4 Å². The third-order valence-corrected chi connectivity index (χ3v) is 23.9. The number of unbranched alkanes of at least 4 members (excludes halogenated alkanes) is 48. The lowest BCUT2D eigenvalue weighted by atomic mass is 10.0. The van der Waals surface area contributed by atoms with E-state index in [1.807, 2.05) is 0 Å². The molecule has 0 unspecified atom stereocenters. The predicted molar refractivity (Wildman–Crippen MR) is 481 cm³/mol. The molecular weight excluding hydrogens is 1490 g/mol. The maximum absolute atomic E-state index is 7.03. The first-order chi connectivity index (χ1) is 54.3. The first-order valence-electron chi connectivity index (χ1n) is 45.9. The Labute approximate surface area is 686 Å². The van der Waals surface area contributed by atoms with Crippen LogP contribution in [0.25, 0.3) is 68.6 Å². The number of nitrogens with zero attached hydrogens (tertiary/aromatic N) is 2. The molecule has 0 saturated heterocycles. The normalized spacial score (nSPS) is 11.9. The van der Waals surface area contributed by atoms with Crippen LogP contribution in [-0.2, 0) is 0 Å². The molecule has 7 rings (SSSR count). The second-order valence-electron chi connectivity index (χ2n) is 32.0. The molecule has 2 aliphatic rings. The minimum atomic E-state index is 0.601. The van der Waals surface area contributed by atoms with Crippen molar-refractivity contribution in [3.63, 3.8) is 0 Å². The van der Waals surface area contributed by atoms with Gasteiger partial charge >= 0.3 is 0 Å². The van der Waals surface area contributed by atoms with Gasteiger partial charge in [-0.05, 0) is 154 Å². The molecule has 0 fully saturated rings. The lowest BCUT2D eigenvalue weighted by molar-refractivity contribution is 0.234. The molecule has 10 nitrogen and oxygen atoms in total. The van der Waals surface area contributed by atoms with Gasteiger partial charge in [0.25, 0.3) is 0 Å². The Bertz CT molecular complexity index is 3180. The monoisotopic (exact) mass is 1640 g/mol. The van der Waals surface area contributed by atoms with Crippen molar-refractivity contribution < 1.29 is 28.4 Å². The molecule has 2 aromatic carbocycles. The summed E-state index contributed by atoms with van der Waals surface area (Å²) in [5.41, 5.74) is 10.6. The Balaban J connectivity index is 1.30. The average Bonchev–Trinajstić information content (AvgIpc) is 1.59. The van der Waals surface area contributed by atoms with Gasteiger partial charge in [-0.2, -0.15) is 0 Å². The number of ether oxygens (including phenoxy) is 6. The SMILES string of the molecule is CCCCCCCCCCCOc1cc(-c2c3nc(c(Br)c4ccc([nH]4)c(-c4cc(OCCCCCCCCCCC)c(OCCCCCCCCCCC)c(OCCCCCCCCCCC)c4)c4nc(c(Br)c5ccc2[nH]5)C=C4)C=C3)cc(OCCCCCCCCCCC)c1OCCCCCCCCCCC. The molecule has 2 aliphatic heterocycles. The van der Waals surface area contributed by atoms with Crippen molar-refractivity contribution in [1.82, 2.24) is 19.9 Å². The van der Waals surface area contributed by atoms with E-state index < -0.39 is 0 Å². The van der Waals surface area contributed by atoms with E-state index in [-0.39, 0.29) is 0 Å². The topological polar surface area (TPSA) is 113 Å². The van der Waals surface area contributed by atoms with Crippen molar-refractivity contribution >= 4 is 78.2 Å². The Morgan fingerprint density at radius 3 is 0.655 bits per heavy atom. The van der Waals surface area contributed by atoms with Crippen molar-refractivity contribution in [3.05, 3.63) is 80.3 Å². The van der Waals surface area contributed by atoms with Crippen molar-refractivity contribution in [2.45, 2.75) is 388 Å². The second-order valence-corrected chi connectivity index (χ2v) is 33.6. The molecule has 0 saturated carbocycles. The number of nitrogens with one attached hydrogen (secondary N) is 2. The van der Waals surface area contributed by atoms with Crippen molar-refractivity contribution in [3.8, 4) is 56.8 Å². The van der Waals surface area contributed by atoms with E-state index >= 15 is 0 Å². The minimum absolute atomic E-state index is 0.601. The smallest absolute Gasteiger partial charge is 0.203 e. The molecule has 0 spiro atoms. The fourth-order valence-corrected chi connectivity index (χ4v) is 16.4. The molecule has 3 aromatic heterocycles. The summed E-state index contributed by atoms with van der Waals surface area (Å²) in [6.07, 6.45) is 76.0. The summed E-state index contributed by atoms with van der Waals surface area (Å²) in [5.74, 6) is 4.33. The van der Waals surface area contributed by atoms with Crippen molar-refractivity contribution in [1.29, 1.82) is 0 Å². The highest BCUT2D eigenvalue weighted by atomic mass is 79.9. The van der Waals surface area contributed by atoms with Crippen LogP contribution in [0, 0.1) is 0 Å². The first-order valence-corrected chi connectivity index (χ1v) is 47.5. The second kappa shape index (κ2) is 58.6. The van der Waals surface area contributed by atoms with E-state index in [1.165, 1.54) is 270 Å². The van der Waals surface area contributed by atoms with Crippen molar-refractivity contribution in [2.24, 2.45) is 0 Å². The van der Waals surface area contributed by atoms with Crippen LogP contribution in [0.5, 0.6) is 34.5 Å². The summed E-state index contributed by atoms with van der Waals surface area (Å²) < 4.78 is 43.8. The molecule has 12 heteroatoms. The Morgan fingerprint density at radius 2 is 0.427 bits per heavy atom. The van der Waals surface area contributed by atoms with E-state index in [2.05, 4.69) is 156 Å². The van der Waals surface area contributed by atoms with Gasteiger partial charge in [-0.25, -0.2) is 9.97 Å². The molecule has 0 radical (unpaired) electrons. The van der Waals surface area contributed by atoms with Gasteiger partial charge in [-0.1, -0.05) is 350 Å². The zero-order chi connectivity index (χ0) is 77.5. The highest BCUT2D eigenvalue weighted by Gasteiger charge is 2.24. The fourth-order valence-electron chi connectivity index (χ4n) is 15.5. The number of hydrogen-bond acceptors (Lipinski definition) is 8. The largest absolute Gasteiger partial charge is 0.490 e. The van der Waals surface area contributed by atoms with E-state index in [1.54, 1.807) is 0 Å². The van der Waals surface area contributed by atoms with Gasteiger partial charge in [0.05, 0.1) is 82.4 Å². The number of H-pyrrole nitrogens is 2. The standard InChI is InChI=1S/C98H152Br2N4O6/c1-7-13-19-25-31-37-43-49-55-69-105-89-75-79(76-90(106-70-56-50-44-38-32-26-20-14-8-2)97(89)109-73-59-53-47-41-35-29-23-17-11-5)93-81-61-65-85(101-81)95(99)87-67-63-83(103-87)94(84-64-68-88(104-84)96(100)86-66-62-82(93)102-86)80-77-91(107-71-57-51-45-39-33-27-21-15-9-3)98(110-74-60-54-48-42-36-30-24-18-12-6)92(78-80)108-72-58-52-46-40-34-28-22-16-10-4/h61-68,75-78,101,104H,7-60,69-74H2,1-6H3. The molecule has 8 bridgehead atoms. The summed E-state index contributed by atoms with van der Waals surface area (Å²) in [7, 11) is 0. The Morgan fingerprint density at radius 1 is 0.236 bits per heavy atom. The number of fused-ring (bicyclic) bond motifs is 8.